The van der Waals surface area contributed by atoms with E-state index in [1.807, 2.05) is 29.6 Å². The molecule has 0 aliphatic heterocycles. The highest BCUT2D eigenvalue weighted by Crippen LogP contribution is 2.30. The number of nitrogens with zero attached hydrogens (tertiary/aromatic N) is 1. The first-order chi connectivity index (χ1) is 6.81. The maximum absolute atomic E-state index is 5.70. The molecular weight excluding hydrogens is 282 g/mol. The maximum Gasteiger partial charge on any atom is 0.124 e. The van der Waals surface area contributed by atoms with Crippen LogP contribution in [0.4, 0.5) is 0 Å². The van der Waals surface area contributed by atoms with Gasteiger partial charge in [-0.15, -0.1) is 22.9 Å². The molecule has 0 aliphatic carbocycles. The maximum atomic E-state index is 5.70. The number of hydrogen-bond acceptors (Lipinski definition) is 2. The molecule has 0 aliphatic rings. The zero-order valence-corrected chi connectivity index (χ0v) is 10.4. The Labute approximate surface area is 99.9 Å². The summed E-state index contributed by atoms with van der Waals surface area (Å²) in [7, 11) is 0. The van der Waals surface area contributed by atoms with Gasteiger partial charge < -0.3 is 0 Å². The fourth-order valence-corrected chi connectivity index (χ4v) is 2.82. The topological polar surface area (TPSA) is 12.9 Å². The van der Waals surface area contributed by atoms with Gasteiger partial charge in [-0.25, -0.2) is 4.98 Å². The lowest BCUT2D eigenvalue weighted by Crippen LogP contribution is -1.80. The molecule has 0 atom stereocenters. The standard InChI is InChI=1S/C10H7BrClNS/c11-9-4-2-1-3-8(9)10-13-7(5-12)6-14-10/h1-4,6H,5H2. The minimum atomic E-state index is 0.473. The summed E-state index contributed by atoms with van der Waals surface area (Å²) in [6, 6.07) is 8.05. The van der Waals surface area contributed by atoms with Gasteiger partial charge in [-0.3, -0.25) is 0 Å². The van der Waals surface area contributed by atoms with E-state index in [9.17, 15) is 0 Å². The monoisotopic (exact) mass is 287 g/mol. The van der Waals surface area contributed by atoms with Crippen molar-refractivity contribution in [2.45, 2.75) is 5.88 Å². The molecule has 1 aromatic heterocycles. The molecule has 0 amide bonds. The largest absolute Gasteiger partial charge is 0.240 e. The van der Waals surface area contributed by atoms with Crippen molar-refractivity contribution < 1.29 is 0 Å². The number of aromatic nitrogens is 1. The minimum absolute atomic E-state index is 0.473. The predicted octanol–water partition coefficient (Wildman–Crippen LogP) is 4.31. The highest BCUT2D eigenvalue weighted by molar-refractivity contribution is 9.10. The first-order valence-corrected chi connectivity index (χ1v) is 6.27. The van der Waals surface area contributed by atoms with Crippen LogP contribution in [0, 0.1) is 0 Å². The Hall–Kier alpha value is -0.380. The smallest absolute Gasteiger partial charge is 0.124 e. The van der Waals surface area contributed by atoms with Gasteiger partial charge in [0.05, 0.1) is 11.6 Å². The molecule has 0 N–H and O–H groups in total. The van der Waals surface area contributed by atoms with Crippen LogP contribution in [-0.2, 0) is 5.88 Å². The molecule has 0 bridgehead atoms. The Morgan fingerprint density at radius 3 is 2.79 bits per heavy atom. The summed E-state index contributed by atoms with van der Waals surface area (Å²) in [5.74, 6) is 0.473. The van der Waals surface area contributed by atoms with Gasteiger partial charge in [0.25, 0.3) is 0 Å². The van der Waals surface area contributed by atoms with E-state index in [-0.39, 0.29) is 0 Å². The zero-order valence-electron chi connectivity index (χ0n) is 7.21. The highest BCUT2D eigenvalue weighted by Gasteiger charge is 2.06. The fourth-order valence-electron chi connectivity index (χ4n) is 1.13. The number of hydrogen-bond donors (Lipinski definition) is 0. The van der Waals surface area contributed by atoms with Crippen LogP contribution in [0.2, 0.25) is 0 Å². The summed E-state index contributed by atoms with van der Waals surface area (Å²) in [6.45, 7) is 0. The second kappa shape index (κ2) is 4.43. The third-order valence-corrected chi connectivity index (χ3v) is 3.68. The van der Waals surface area contributed by atoms with Gasteiger partial charge >= 0.3 is 0 Å². The molecular formula is C10H7BrClNS. The van der Waals surface area contributed by atoms with Gasteiger partial charge in [-0.05, 0) is 6.07 Å². The van der Waals surface area contributed by atoms with E-state index in [1.165, 1.54) is 0 Å². The Balaban J connectivity index is 2.44. The third-order valence-electron chi connectivity index (χ3n) is 1.79. The van der Waals surface area contributed by atoms with Crippen molar-refractivity contribution in [3.8, 4) is 10.6 Å². The quantitative estimate of drug-likeness (QED) is 0.750. The molecule has 1 nitrogen and oxygen atoms in total. The molecule has 0 radical (unpaired) electrons. The summed E-state index contributed by atoms with van der Waals surface area (Å²) in [4.78, 5) is 4.42. The number of thiazole rings is 1. The van der Waals surface area contributed by atoms with Crippen molar-refractivity contribution in [2.24, 2.45) is 0 Å². The van der Waals surface area contributed by atoms with Crippen LogP contribution in [-0.4, -0.2) is 4.98 Å². The predicted molar refractivity (Wildman–Crippen MR) is 64.8 cm³/mol. The van der Waals surface area contributed by atoms with Crippen molar-refractivity contribution in [3.63, 3.8) is 0 Å². The average molecular weight is 289 g/mol. The van der Waals surface area contributed by atoms with E-state index in [2.05, 4.69) is 20.9 Å². The van der Waals surface area contributed by atoms with E-state index in [1.54, 1.807) is 11.3 Å². The molecule has 1 aromatic carbocycles. The SMILES string of the molecule is ClCc1csc(-c2ccccc2Br)n1. The molecule has 72 valence electrons. The Kier molecular flexibility index (Phi) is 3.21. The van der Waals surface area contributed by atoms with Gasteiger partial charge in [0.2, 0.25) is 0 Å². The van der Waals surface area contributed by atoms with Crippen molar-refractivity contribution in [3.05, 3.63) is 39.8 Å². The van der Waals surface area contributed by atoms with Crippen molar-refractivity contribution in [1.82, 2.24) is 4.98 Å². The van der Waals surface area contributed by atoms with Gasteiger partial charge in [0.1, 0.15) is 5.01 Å². The second-order valence-corrected chi connectivity index (χ2v) is 4.74. The van der Waals surface area contributed by atoms with Crippen LogP contribution in [0.15, 0.2) is 34.1 Å². The minimum Gasteiger partial charge on any atom is -0.240 e. The van der Waals surface area contributed by atoms with Crippen molar-refractivity contribution in [2.75, 3.05) is 0 Å². The summed E-state index contributed by atoms with van der Waals surface area (Å²) < 4.78 is 1.07. The molecule has 2 rings (SSSR count). The number of alkyl halides is 1. The normalized spacial score (nSPS) is 10.4. The zero-order chi connectivity index (χ0) is 9.97. The van der Waals surface area contributed by atoms with Crippen LogP contribution in [0.5, 0.6) is 0 Å². The number of benzene rings is 1. The van der Waals surface area contributed by atoms with E-state index in [4.69, 9.17) is 11.6 Å². The molecule has 4 heteroatoms. The molecule has 0 spiro atoms. The third kappa shape index (κ3) is 2.00. The van der Waals surface area contributed by atoms with Crippen LogP contribution in [0.1, 0.15) is 5.69 Å². The fraction of sp³-hybridized carbons (Fsp3) is 0.100. The van der Waals surface area contributed by atoms with Gasteiger partial charge in [0.15, 0.2) is 0 Å². The molecule has 1 heterocycles. The molecule has 0 saturated carbocycles. The Morgan fingerprint density at radius 2 is 2.14 bits per heavy atom. The lowest BCUT2D eigenvalue weighted by atomic mass is 10.2. The van der Waals surface area contributed by atoms with E-state index >= 15 is 0 Å². The second-order valence-electron chi connectivity index (χ2n) is 2.76. The summed E-state index contributed by atoms with van der Waals surface area (Å²) in [5.41, 5.74) is 2.05. The van der Waals surface area contributed by atoms with Crippen LogP contribution in [0.25, 0.3) is 10.6 Å². The molecule has 14 heavy (non-hydrogen) atoms. The van der Waals surface area contributed by atoms with Gasteiger partial charge in [-0.1, -0.05) is 34.1 Å². The van der Waals surface area contributed by atoms with E-state index in [0.29, 0.717) is 5.88 Å². The van der Waals surface area contributed by atoms with Crippen LogP contribution >= 0.6 is 38.9 Å². The van der Waals surface area contributed by atoms with Crippen molar-refractivity contribution >= 4 is 38.9 Å². The summed E-state index contributed by atoms with van der Waals surface area (Å²) in [5, 5.41) is 3.00. The first kappa shape index (κ1) is 10.1. The summed E-state index contributed by atoms with van der Waals surface area (Å²) in [6.07, 6.45) is 0. The van der Waals surface area contributed by atoms with Gasteiger partial charge in [-0.2, -0.15) is 0 Å². The van der Waals surface area contributed by atoms with Gasteiger partial charge in [0, 0.05) is 15.4 Å². The van der Waals surface area contributed by atoms with E-state index in [0.717, 1.165) is 20.7 Å². The first-order valence-electron chi connectivity index (χ1n) is 4.06. The average Bonchev–Trinajstić information content (AvgIpc) is 2.67. The summed E-state index contributed by atoms with van der Waals surface area (Å²) >= 11 is 10.8. The molecule has 0 saturated heterocycles. The van der Waals surface area contributed by atoms with Crippen LogP contribution in [0.3, 0.4) is 0 Å². The van der Waals surface area contributed by atoms with E-state index < -0.39 is 0 Å². The lowest BCUT2D eigenvalue weighted by molar-refractivity contribution is 1.23. The highest BCUT2D eigenvalue weighted by atomic mass is 79.9. The molecule has 2 aromatic rings. The lowest BCUT2D eigenvalue weighted by Gasteiger charge is -1.98. The van der Waals surface area contributed by atoms with Crippen LogP contribution < -0.4 is 0 Å². The molecule has 0 fully saturated rings. The van der Waals surface area contributed by atoms with Crippen molar-refractivity contribution in [1.29, 1.82) is 0 Å². The number of rotatable bonds is 2. The Morgan fingerprint density at radius 1 is 1.36 bits per heavy atom. The Bertz CT molecular complexity index is 441. The number of halogens is 2. The molecule has 0 unspecified atom stereocenters.